The number of carbonyl (C=O) groups is 1. The van der Waals surface area contributed by atoms with E-state index in [-0.39, 0.29) is 5.91 Å². The highest BCUT2D eigenvalue weighted by atomic mass is 16.5. The number of aromatic nitrogens is 2. The maximum Gasteiger partial charge on any atom is 0.226 e. The lowest BCUT2D eigenvalue weighted by Gasteiger charge is -2.05. The molecule has 5 nitrogen and oxygen atoms in total. The normalized spacial score (nSPS) is 10.5. The van der Waals surface area contributed by atoms with Gasteiger partial charge in [0.1, 0.15) is 0 Å². The number of hydrogen-bond acceptors (Lipinski definition) is 4. The summed E-state index contributed by atoms with van der Waals surface area (Å²) in [6.45, 7) is 2.00. The summed E-state index contributed by atoms with van der Waals surface area (Å²) >= 11 is 0. The van der Waals surface area contributed by atoms with Crippen molar-refractivity contribution in [2.24, 2.45) is 0 Å². The van der Waals surface area contributed by atoms with Crippen LogP contribution < -0.4 is 5.32 Å². The zero-order valence-electron chi connectivity index (χ0n) is 13.5. The van der Waals surface area contributed by atoms with Crippen LogP contribution >= 0.6 is 0 Å². The van der Waals surface area contributed by atoms with E-state index < -0.39 is 0 Å². The molecule has 0 aliphatic heterocycles. The van der Waals surface area contributed by atoms with Gasteiger partial charge in [0, 0.05) is 24.1 Å². The molecule has 0 spiro atoms. The van der Waals surface area contributed by atoms with E-state index in [0.717, 1.165) is 16.8 Å². The molecule has 0 saturated carbocycles. The summed E-state index contributed by atoms with van der Waals surface area (Å²) in [5.74, 6) is 1.12. The van der Waals surface area contributed by atoms with Gasteiger partial charge < -0.3 is 9.84 Å². The van der Waals surface area contributed by atoms with Gasteiger partial charge in [-0.1, -0.05) is 47.6 Å². The van der Waals surface area contributed by atoms with Crippen molar-refractivity contribution in [2.45, 2.75) is 26.2 Å². The average molecular weight is 321 g/mol. The van der Waals surface area contributed by atoms with Gasteiger partial charge in [0.05, 0.1) is 0 Å². The second-order valence-corrected chi connectivity index (χ2v) is 5.65. The third-order valence-electron chi connectivity index (χ3n) is 3.60. The Morgan fingerprint density at radius 2 is 1.96 bits per heavy atom. The van der Waals surface area contributed by atoms with Crippen LogP contribution in [0.2, 0.25) is 0 Å². The largest absolute Gasteiger partial charge is 0.339 e. The van der Waals surface area contributed by atoms with E-state index in [0.29, 0.717) is 31.0 Å². The van der Waals surface area contributed by atoms with Gasteiger partial charge in [-0.3, -0.25) is 4.79 Å². The molecular formula is C19H19N3O2. The smallest absolute Gasteiger partial charge is 0.226 e. The van der Waals surface area contributed by atoms with Crippen LogP contribution in [-0.2, 0) is 11.2 Å². The van der Waals surface area contributed by atoms with E-state index in [1.807, 2.05) is 61.5 Å². The van der Waals surface area contributed by atoms with Crippen LogP contribution in [-0.4, -0.2) is 16.0 Å². The predicted molar refractivity (Wildman–Crippen MR) is 92.5 cm³/mol. The molecule has 5 heteroatoms. The number of nitrogens with one attached hydrogen (secondary N) is 1. The van der Waals surface area contributed by atoms with E-state index in [1.54, 1.807) is 0 Å². The van der Waals surface area contributed by atoms with Crippen LogP contribution in [0.5, 0.6) is 0 Å². The molecule has 1 N–H and O–H groups in total. The molecule has 3 rings (SSSR count). The first-order valence-corrected chi connectivity index (χ1v) is 7.95. The van der Waals surface area contributed by atoms with Crippen LogP contribution in [0.4, 0.5) is 5.69 Å². The Morgan fingerprint density at radius 1 is 1.12 bits per heavy atom. The molecule has 1 amide bonds. The summed E-state index contributed by atoms with van der Waals surface area (Å²) in [7, 11) is 0. The van der Waals surface area contributed by atoms with Crippen molar-refractivity contribution in [2.75, 3.05) is 5.32 Å². The SMILES string of the molecule is Cc1cccc(NC(=O)CCCc2nc(-c3ccccc3)no2)c1. The lowest BCUT2D eigenvalue weighted by Crippen LogP contribution is -2.11. The van der Waals surface area contributed by atoms with Gasteiger partial charge in [0.15, 0.2) is 0 Å². The summed E-state index contributed by atoms with van der Waals surface area (Å²) in [5, 5.41) is 6.87. The van der Waals surface area contributed by atoms with Gasteiger partial charge in [-0.15, -0.1) is 0 Å². The summed E-state index contributed by atoms with van der Waals surface area (Å²) in [4.78, 5) is 16.3. The quantitative estimate of drug-likeness (QED) is 0.745. The van der Waals surface area contributed by atoms with Crippen molar-refractivity contribution < 1.29 is 9.32 Å². The minimum absolute atomic E-state index is 0.0107. The molecule has 0 atom stereocenters. The van der Waals surface area contributed by atoms with E-state index in [2.05, 4.69) is 15.5 Å². The van der Waals surface area contributed by atoms with Crippen LogP contribution in [0.25, 0.3) is 11.4 Å². The van der Waals surface area contributed by atoms with Crippen LogP contribution in [0.15, 0.2) is 59.1 Å². The molecule has 0 fully saturated rings. The van der Waals surface area contributed by atoms with Crippen molar-refractivity contribution in [3.8, 4) is 11.4 Å². The van der Waals surface area contributed by atoms with Crippen molar-refractivity contribution in [3.63, 3.8) is 0 Å². The van der Waals surface area contributed by atoms with E-state index in [4.69, 9.17) is 4.52 Å². The monoisotopic (exact) mass is 321 g/mol. The topological polar surface area (TPSA) is 68.0 Å². The van der Waals surface area contributed by atoms with E-state index >= 15 is 0 Å². The first-order valence-electron chi connectivity index (χ1n) is 7.95. The highest BCUT2D eigenvalue weighted by Crippen LogP contribution is 2.16. The number of carbonyl (C=O) groups excluding carboxylic acids is 1. The molecule has 3 aromatic rings. The molecule has 0 bridgehead atoms. The first kappa shape index (κ1) is 15.9. The molecule has 0 radical (unpaired) electrons. The zero-order valence-corrected chi connectivity index (χ0v) is 13.5. The lowest BCUT2D eigenvalue weighted by molar-refractivity contribution is -0.116. The van der Waals surface area contributed by atoms with E-state index in [1.165, 1.54) is 0 Å². The standard InChI is InChI=1S/C19H19N3O2/c1-14-7-5-10-16(13-14)20-17(23)11-6-12-18-21-19(22-24-18)15-8-3-2-4-9-15/h2-5,7-10,13H,6,11-12H2,1H3,(H,20,23). The molecule has 0 saturated heterocycles. The summed E-state index contributed by atoms with van der Waals surface area (Å²) < 4.78 is 5.24. The highest BCUT2D eigenvalue weighted by molar-refractivity contribution is 5.90. The first-order chi connectivity index (χ1) is 11.7. The Kier molecular flexibility index (Phi) is 5.01. The van der Waals surface area contributed by atoms with Crippen LogP contribution in [0.3, 0.4) is 0 Å². The second-order valence-electron chi connectivity index (χ2n) is 5.65. The maximum absolute atomic E-state index is 12.0. The zero-order chi connectivity index (χ0) is 16.8. The number of rotatable bonds is 6. The Balaban J connectivity index is 1.48. The summed E-state index contributed by atoms with van der Waals surface area (Å²) in [6.07, 6.45) is 1.66. The molecule has 24 heavy (non-hydrogen) atoms. The molecule has 1 heterocycles. The molecule has 0 unspecified atom stereocenters. The Hall–Kier alpha value is -2.95. The number of aryl methyl sites for hydroxylation is 2. The predicted octanol–water partition coefficient (Wildman–Crippen LogP) is 4.01. The Bertz CT molecular complexity index is 812. The molecule has 1 aromatic heterocycles. The van der Waals surface area contributed by atoms with Crippen molar-refractivity contribution in [3.05, 3.63) is 66.1 Å². The Labute approximate surface area is 140 Å². The number of hydrogen-bond donors (Lipinski definition) is 1. The van der Waals surface area contributed by atoms with Crippen molar-refractivity contribution in [1.29, 1.82) is 0 Å². The van der Waals surface area contributed by atoms with E-state index in [9.17, 15) is 4.79 Å². The second kappa shape index (κ2) is 7.55. The molecule has 2 aromatic carbocycles. The molecule has 122 valence electrons. The van der Waals surface area contributed by atoms with Crippen molar-refractivity contribution in [1.82, 2.24) is 10.1 Å². The summed E-state index contributed by atoms with van der Waals surface area (Å²) in [6, 6.07) is 17.4. The van der Waals surface area contributed by atoms with Gasteiger partial charge >= 0.3 is 0 Å². The van der Waals surface area contributed by atoms with Gasteiger partial charge in [0.25, 0.3) is 0 Å². The van der Waals surface area contributed by atoms with Crippen LogP contribution in [0.1, 0.15) is 24.3 Å². The average Bonchev–Trinajstić information content (AvgIpc) is 3.04. The minimum atomic E-state index is -0.0107. The lowest BCUT2D eigenvalue weighted by atomic mass is 10.2. The fourth-order valence-electron chi connectivity index (χ4n) is 2.41. The molecule has 0 aliphatic rings. The number of anilines is 1. The van der Waals surface area contributed by atoms with Gasteiger partial charge in [-0.2, -0.15) is 4.98 Å². The number of benzene rings is 2. The molecule has 0 aliphatic carbocycles. The number of amides is 1. The number of nitrogens with zero attached hydrogens (tertiary/aromatic N) is 2. The van der Waals surface area contributed by atoms with Gasteiger partial charge in [-0.25, -0.2) is 0 Å². The third kappa shape index (κ3) is 4.29. The van der Waals surface area contributed by atoms with Crippen LogP contribution in [0, 0.1) is 6.92 Å². The van der Waals surface area contributed by atoms with Gasteiger partial charge in [0.2, 0.25) is 17.6 Å². The minimum Gasteiger partial charge on any atom is -0.339 e. The highest BCUT2D eigenvalue weighted by Gasteiger charge is 2.09. The summed E-state index contributed by atoms with van der Waals surface area (Å²) in [5.41, 5.74) is 2.86. The van der Waals surface area contributed by atoms with Crippen molar-refractivity contribution >= 4 is 11.6 Å². The third-order valence-corrected chi connectivity index (χ3v) is 3.60. The fraction of sp³-hybridized carbons (Fsp3) is 0.211. The maximum atomic E-state index is 12.0. The Morgan fingerprint density at radius 3 is 2.75 bits per heavy atom. The van der Waals surface area contributed by atoms with Gasteiger partial charge in [-0.05, 0) is 31.0 Å². The molecular weight excluding hydrogens is 302 g/mol. The fourth-order valence-corrected chi connectivity index (χ4v) is 2.41.